The molecule has 130 valence electrons. The number of ether oxygens (including phenoxy) is 2. The summed E-state index contributed by atoms with van der Waals surface area (Å²) in [7, 11) is 0. The number of rotatable bonds is 7. The Kier molecular flexibility index (Phi) is 6.29. The summed E-state index contributed by atoms with van der Waals surface area (Å²) in [4.78, 5) is 30.4. The van der Waals surface area contributed by atoms with Crippen molar-refractivity contribution >= 4 is 5.97 Å². The second-order valence-corrected chi connectivity index (χ2v) is 5.42. The summed E-state index contributed by atoms with van der Waals surface area (Å²) in [5.41, 5.74) is 1.45. The minimum atomic E-state index is -0.400. The van der Waals surface area contributed by atoms with Crippen LogP contribution in [0, 0.1) is 25.2 Å². The van der Waals surface area contributed by atoms with Crippen LogP contribution in [0.15, 0.2) is 29.1 Å². The molecule has 0 bridgehead atoms. The summed E-state index contributed by atoms with van der Waals surface area (Å²) in [5.74, 6) is 0.750. The van der Waals surface area contributed by atoms with E-state index in [4.69, 9.17) is 14.7 Å². The zero-order valence-corrected chi connectivity index (χ0v) is 14.2. The lowest BCUT2D eigenvalue weighted by Crippen LogP contribution is -2.19. The third-order valence-corrected chi connectivity index (χ3v) is 3.52. The number of esters is 1. The van der Waals surface area contributed by atoms with Crippen LogP contribution in [-0.2, 0) is 16.0 Å². The Morgan fingerprint density at radius 2 is 1.96 bits per heavy atom. The van der Waals surface area contributed by atoms with Crippen molar-refractivity contribution in [2.75, 3.05) is 13.2 Å². The molecule has 0 atom stereocenters. The highest BCUT2D eigenvalue weighted by atomic mass is 16.6. The summed E-state index contributed by atoms with van der Waals surface area (Å²) >= 11 is 0. The first-order valence-corrected chi connectivity index (χ1v) is 7.84. The molecule has 25 heavy (non-hydrogen) atoms. The summed E-state index contributed by atoms with van der Waals surface area (Å²) in [6, 6.07) is 8.68. The molecule has 0 unspecified atom stereocenters. The molecular formula is C18H19N3O4. The smallest absolute Gasteiger partial charge is 0.306 e. The van der Waals surface area contributed by atoms with Gasteiger partial charge in [0.05, 0.1) is 11.6 Å². The van der Waals surface area contributed by atoms with E-state index in [-0.39, 0.29) is 31.6 Å². The predicted molar refractivity (Wildman–Crippen MR) is 90.3 cm³/mol. The van der Waals surface area contributed by atoms with Gasteiger partial charge in [-0.1, -0.05) is 0 Å². The average Bonchev–Trinajstić information content (AvgIpc) is 2.58. The van der Waals surface area contributed by atoms with Gasteiger partial charge in [-0.25, -0.2) is 4.98 Å². The maximum Gasteiger partial charge on any atom is 0.306 e. The minimum Gasteiger partial charge on any atom is -0.490 e. The van der Waals surface area contributed by atoms with Crippen molar-refractivity contribution in [2.24, 2.45) is 0 Å². The summed E-state index contributed by atoms with van der Waals surface area (Å²) < 4.78 is 10.5. The van der Waals surface area contributed by atoms with E-state index in [9.17, 15) is 9.59 Å². The molecule has 0 aliphatic rings. The lowest BCUT2D eigenvalue weighted by atomic mass is 10.1. The first-order valence-electron chi connectivity index (χ1n) is 7.84. The molecule has 2 aromatic rings. The number of nitriles is 1. The summed E-state index contributed by atoms with van der Waals surface area (Å²) in [5, 5.41) is 8.71. The molecule has 0 aliphatic carbocycles. The quantitative estimate of drug-likeness (QED) is 0.608. The van der Waals surface area contributed by atoms with Gasteiger partial charge in [-0.05, 0) is 44.5 Å². The highest BCUT2D eigenvalue weighted by Crippen LogP contribution is 2.11. The lowest BCUT2D eigenvalue weighted by Gasteiger charge is -2.08. The van der Waals surface area contributed by atoms with Gasteiger partial charge in [0.15, 0.2) is 0 Å². The van der Waals surface area contributed by atoms with E-state index < -0.39 is 5.97 Å². The van der Waals surface area contributed by atoms with E-state index in [1.54, 1.807) is 38.1 Å². The van der Waals surface area contributed by atoms with Gasteiger partial charge in [-0.3, -0.25) is 9.59 Å². The summed E-state index contributed by atoms with van der Waals surface area (Å²) in [6.45, 7) is 3.78. The largest absolute Gasteiger partial charge is 0.490 e. The van der Waals surface area contributed by atoms with Gasteiger partial charge in [0.2, 0.25) is 0 Å². The maximum atomic E-state index is 11.8. The SMILES string of the molecule is Cc1nc(C)c(CCC(=O)OCCOc2ccc(C#N)cc2)c(=O)[nH]1. The Morgan fingerprint density at radius 1 is 1.24 bits per heavy atom. The average molecular weight is 341 g/mol. The molecule has 0 spiro atoms. The number of benzene rings is 1. The fraction of sp³-hybridized carbons (Fsp3) is 0.333. The first-order chi connectivity index (χ1) is 12.0. The monoisotopic (exact) mass is 341 g/mol. The van der Waals surface area contributed by atoms with E-state index in [1.165, 1.54) is 0 Å². The second kappa shape index (κ2) is 8.64. The third-order valence-electron chi connectivity index (χ3n) is 3.52. The maximum absolute atomic E-state index is 11.8. The van der Waals surface area contributed by atoms with Crippen LogP contribution in [0.4, 0.5) is 0 Å². The van der Waals surface area contributed by atoms with E-state index in [2.05, 4.69) is 9.97 Å². The number of hydrogen-bond acceptors (Lipinski definition) is 6. The molecular weight excluding hydrogens is 322 g/mol. The van der Waals surface area contributed by atoms with Gasteiger partial charge in [0.25, 0.3) is 5.56 Å². The number of nitrogens with zero attached hydrogens (tertiary/aromatic N) is 2. The number of carbonyl (C=O) groups is 1. The molecule has 1 aromatic heterocycles. The van der Waals surface area contributed by atoms with E-state index >= 15 is 0 Å². The van der Waals surface area contributed by atoms with E-state index in [1.807, 2.05) is 6.07 Å². The number of H-pyrrole nitrogens is 1. The molecule has 0 saturated heterocycles. The van der Waals surface area contributed by atoms with Gasteiger partial charge in [-0.15, -0.1) is 0 Å². The van der Waals surface area contributed by atoms with Crippen LogP contribution < -0.4 is 10.3 Å². The normalized spacial score (nSPS) is 10.1. The molecule has 0 amide bonds. The highest BCUT2D eigenvalue weighted by molar-refractivity contribution is 5.69. The number of nitrogens with one attached hydrogen (secondary N) is 1. The standard InChI is InChI=1S/C18H19N3O4/c1-12-16(18(23)21-13(2)20-12)7-8-17(22)25-10-9-24-15-5-3-14(11-19)4-6-15/h3-6H,7-10H2,1-2H3,(H,20,21,23). The molecule has 7 nitrogen and oxygen atoms in total. The van der Waals surface area contributed by atoms with E-state index in [0.29, 0.717) is 28.4 Å². The van der Waals surface area contributed by atoms with Crippen LogP contribution in [0.1, 0.15) is 29.1 Å². The highest BCUT2D eigenvalue weighted by Gasteiger charge is 2.10. The molecule has 7 heteroatoms. The van der Waals surface area contributed by atoms with Crippen LogP contribution in [0.5, 0.6) is 5.75 Å². The van der Waals surface area contributed by atoms with Gasteiger partial charge in [0.1, 0.15) is 24.8 Å². The van der Waals surface area contributed by atoms with Gasteiger partial charge >= 0.3 is 5.97 Å². The third kappa shape index (κ3) is 5.46. The van der Waals surface area contributed by atoms with Crippen molar-refractivity contribution in [1.29, 1.82) is 5.26 Å². The van der Waals surface area contributed by atoms with Crippen LogP contribution in [-0.4, -0.2) is 29.2 Å². The van der Waals surface area contributed by atoms with Crippen LogP contribution in [0.3, 0.4) is 0 Å². The molecule has 1 heterocycles. The van der Waals surface area contributed by atoms with Gasteiger partial charge in [0, 0.05) is 17.7 Å². The number of hydrogen-bond donors (Lipinski definition) is 1. The fourth-order valence-corrected chi connectivity index (χ4v) is 2.29. The Balaban J connectivity index is 1.72. The van der Waals surface area contributed by atoms with Crippen LogP contribution in [0.25, 0.3) is 0 Å². The van der Waals surface area contributed by atoms with Crippen molar-refractivity contribution < 1.29 is 14.3 Å². The van der Waals surface area contributed by atoms with Crippen molar-refractivity contribution in [3.05, 3.63) is 57.3 Å². The Hall–Kier alpha value is -3.14. The number of aromatic nitrogens is 2. The molecule has 0 radical (unpaired) electrons. The lowest BCUT2D eigenvalue weighted by molar-refractivity contribution is -0.144. The van der Waals surface area contributed by atoms with Gasteiger partial charge in [-0.2, -0.15) is 5.26 Å². The number of aromatic amines is 1. The zero-order chi connectivity index (χ0) is 18.2. The number of aryl methyl sites for hydroxylation is 2. The predicted octanol–water partition coefficient (Wildman–Crippen LogP) is 1.81. The minimum absolute atomic E-state index is 0.103. The Bertz CT molecular complexity index is 835. The Labute approximate surface area is 145 Å². The topological polar surface area (TPSA) is 105 Å². The van der Waals surface area contributed by atoms with E-state index in [0.717, 1.165) is 0 Å². The first kappa shape index (κ1) is 18.2. The molecule has 1 N–H and O–H groups in total. The molecule has 1 aromatic carbocycles. The molecule has 0 fully saturated rings. The molecule has 0 saturated carbocycles. The van der Waals surface area contributed by atoms with Crippen LogP contribution >= 0.6 is 0 Å². The molecule has 2 rings (SSSR count). The van der Waals surface area contributed by atoms with Crippen molar-refractivity contribution in [1.82, 2.24) is 9.97 Å². The van der Waals surface area contributed by atoms with Gasteiger partial charge < -0.3 is 14.5 Å². The van der Waals surface area contributed by atoms with Crippen molar-refractivity contribution in [3.8, 4) is 11.8 Å². The molecule has 0 aliphatic heterocycles. The van der Waals surface area contributed by atoms with Crippen LogP contribution in [0.2, 0.25) is 0 Å². The Morgan fingerprint density at radius 3 is 2.60 bits per heavy atom. The second-order valence-electron chi connectivity index (χ2n) is 5.42. The zero-order valence-electron chi connectivity index (χ0n) is 14.2. The fourth-order valence-electron chi connectivity index (χ4n) is 2.29. The van der Waals surface area contributed by atoms with Crippen molar-refractivity contribution in [3.63, 3.8) is 0 Å². The van der Waals surface area contributed by atoms with Crippen molar-refractivity contribution in [2.45, 2.75) is 26.7 Å². The number of carbonyl (C=O) groups excluding carboxylic acids is 1. The summed E-state index contributed by atoms with van der Waals surface area (Å²) in [6.07, 6.45) is 0.384.